The van der Waals surface area contributed by atoms with Crippen LogP contribution in [-0.2, 0) is 22.0 Å². The number of hydrogen-bond acceptors (Lipinski definition) is 3. The fourth-order valence-electron chi connectivity index (χ4n) is 2.42. The second-order valence-electron chi connectivity index (χ2n) is 4.44. The predicted molar refractivity (Wildman–Crippen MR) is 57.3 cm³/mol. The van der Waals surface area contributed by atoms with Gasteiger partial charge in [0, 0.05) is 20.4 Å². The van der Waals surface area contributed by atoms with Crippen LogP contribution in [-0.4, -0.2) is 34.1 Å². The van der Waals surface area contributed by atoms with Gasteiger partial charge in [0.1, 0.15) is 0 Å². The summed E-state index contributed by atoms with van der Waals surface area (Å²) in [4.78, 5) is 11.1. The number of rotatable bonds is 4. The van der Waals surface area contributed by atoms with Gasteiger partial charge in [0.05, 0.1) is 11.1 Å². The first-order valence-electron chi connectivity index (χ1n) is 5.27. The van der Waals surface area contributed by atoms with Gasteiger partial charge in [-0.1, -0.05) is 0 Å². The summed E-state index contributed by atoms with van der Waals surface area (Å²) in [5.74, 6) is -0.912. The Balaban J connectivity index is 2.39. The lowest BCUT2D eigenvalue weighted by molar-refractivity contribution is -0.150. The van der Waals surface area contributed by atoms with Gasteiger partial charge in [0.25, 0.3) is 0 Å². The number of aromatic nitrogens is 2. The van der Waals surface area contributed by atoms with Crippen molar-refractivity contribution in [2.45, 2.75) is 31.3 Å². The highest BCUT2D eigenvalue weighted by Gasteiger charge is 2.56. The Morgan fingerprint density at radius 2 is 2.31 bits per heavy atom. The van der Waals surface area contributed by atoms with Gasteiger partial charge in [-0.05, 0) is 25.3 Å². The molecule has 16 heavy (non-hydrogen) atoms. The van der Waals surface area contributed by atoms with Crippen LogP contribution in [0.5, 0.6) is 0 Å². The lowest BCUT2D eigenvalue weighted by Crippen LogP contribution is -2.36. The van der Waals surface area contributed by atoms with Crippen LogP contribution in [0.3, 0.4) is 0 Å². The minimum absolute atomic E-state index is 0.411. The lowest BCUT2D eigenvalue weighted by atomic mass is 9.92. The molecule has 5 heteroatoms. The Morgan fingerprint density at radius 3 is 2.62 bits per heavy atom. The minimum Gasteiger partial charge on any atom is -0.479 e. The van der Waals surface area contributed by atoms with E-state index in [0.29, 0.717) is 0 Å². The Bertz CT molecular complexity index is 421. The van der Waals surface area contributed by atoms with Crippen LogP contribution in [0, 0.1) is 6.92 Å². The Hall–Kier alpha value is -1.36. The van der Waals surface area contributed by atoms with Crippen LogP contribution in [0.25, 0.3) is 0 Å². The number of ether oxygens (including phenoxy) is 1. The smallest absolute Gasteiger partial charge is 0.333 e. The summed E-state index contributed by atoms with van der Waals surface area (Å²) in [7, 11) is 3.28. The number of nitrogens with zero attached hydrogens (tertiary/aromatic N) is 2. The summed E-state index contributed by atoms with van der Waals surface area (Å²) in [6, 6.07) is 0. The molecule has 1 atom stereocenters. The van der Waals surface area contributed by atoms with Crippen LogP contribution in [0.1, 0.15) is 24.1 Å². The molecule has 1 unspecified atom stereocenters. The van der Waals surface area contributed by atoms with Crippen molar-refractivity contribution in [3.63, 3.8) is 0 Å². The summed E-state index contributed by atoms with van der Waals surface area (Å²) in [5.41, 5.74) is 1.49. The molecular formula is C11H16N2O3. The maximum absolute atomic E-state index is 11.1. The van der Waals surface area contributed by atoms with E-state index in [4.69, 9.17) is 9.84 Å². The van der Waals surface area contributed by atoms with Crippen molar-refractivity contribution in [2.75, 3.05) is 7.11 Å². The largest absolute Gasteiger partial charge is 0.479 e. The normalized spacial score (nSPS) is 19.4. The van der Waals surface area contributed by atoms with E-state index >= 15 is 0 Å². The van der Waals surface area contributed by atoms with Gasteiger partial charge in [-0.15, -0.1) is 0 Å². The lowest BCUT2D eigenvalue weighted by Gasteiger charge is -2.20. The molecule has 0 aromatic carbocycles. The zero-order chi connectivity index (χ0) is 11.9. The van der Waals surface area contributed by atoms with E-state index in [2.05, 4.69) is 5.10 Å². The topological polar surface area (TPSA) is 64.3 Å². The third-order valence-electron chi connectivity index (χ3n) is 3.23. The monoisotopic (exact) mass is 224 g/mol. The summed E-state index contributed by atoms with van der Waals surface area (Å²) < 4.78 is 6.83. The highest BCUT2D eigenvalue weighted by Crippen LogP contribution is 2.52. The number of carboxylic acids is 1. The third kappa shape index (κ3) is 1.51. The van der Waals surface area contributed by atoms with Gasteiger partial charge in [0.15, 0.2) is 6.10 Å². The van der Waals surface area contributed by atoms with Crippen molar-refractivity contribution in [3.05, 3.63) is 17.5 Å². The molecule has 1 fully saturated rings. The van der Waals surface area contributed by atoms with Crippen LogP contribution >= 0.6 is 0 Å². The van der Waals surface area contributed by atoms with Crippen molar-refractivity contribution in [2.24, 2.45) is 7.05 Å². The number of aryl methyl sites for hydroxylation is 2. The molecule has 88 valence electrons. The van der Waals surface area contributed by atoms with Crippen molar-refractivity contribution in [3.8, 4) is 0 Å². The molecule has 2 rings (SSSR count). The van der Waals surface area contributed by atoms with E-state index in [-0.39, 0.29) is 0 Å². The van der Waals surface area contributed by atoms with E-state index in [9.17, 15) is 4.79 Å². The predicted octanol–water partition coefficient (Wildman–Crippen LogP) is 0.860. The first kappa shape index (κ1) is 11.1. The SMILES string of the molecule is COC(C(=O)O)C1(c2nn(C)cc2C)CC1. The van der Waals surface area contributed by atoms with Crippen LogP contribution < -0.4 is 0 Å². The zero-order valence-corrected chi connectivity index (χ0v) is 9.73. The molecule has 0 bridgehead atoms. The van der Waals surface area contributed by atoms with Crippen LogP contribution in [0.4, 0.5) is 0 Å². The molecule has 1 heterocycles. The van der Waals surface area contributed by atoms with Gasteiger partial charge in [-0.2, -0.15) is 5.10 Å². The van der Waals surface area contributed by atoms with Gasteiger partial charge in [-0.25, -0.2) is 4.79 Å². The van der Waals surface area contributed by atoms with Gasteiger partial charge < -0.3 is 9.84 Å². The number of carboxylic acid groups (broad SMARTS) is 1. The second-order valence-corrected chi connectivity index (χ2v) is 4.44. The summed E-state index contributed by atoms with van der Waals surface area (Å²) in [6.07, 6.45) is 2.77. The molecule has 1 aromatic rings. The molecule has 0 radical (unpaired) electrons. The van der Waals surface area contributed by atoms with Gasteiger partial charge in [-0.3, -0.25) is 4.68 Å². The van der Waals surface area contributed by atoms with Crippen molar-refractivity contribution in [1.82, 2.24) is 9.78 Å². The number of aliphatic carboxylic acids is 1. The standard InChI is InChI=1S/C11H16N2O3/c1-7-6-13(2)12-8(7)11(4-5-11)9(16-3)10(14)15/h6,9H,4-5H2,1-3H3,(H,14,15). The molecule has 0 saturated heterocycles. The molecule has 0 spiro atoms. The Kier molecular flexibility index (Phi) is 2.50. The first-order chi connectivity index (χ1) is 7.51. The molecule has 1 N–H and O–H groups in total. The van der Waals surface area contributed by atoms with Crippen LogP contribution in [0.15, 0.2) is 6.20 Å². The molecule has 0 aliphatic heterocycles. The summed E-state index contributed by atoms with van der Waals surface area (Å²) in [5, 5.41) is 13.5. The zero-order valence-electron chi connectivity index (χ0n) is 9.73. The highest BCUT2D eigenvalue weighted by atomic mass is 16.5. The third-order valence-corrected chi connectivity index (χ3v) is 3.23. The van der Waals surface area contributed by atoms with Gasteiger partial charge >= 0.3 is 5.97 Å². The maximum atomic E-state index is 11.1. The van der Waals surface area contributed by atoms with E-state index < -0.39 is 17.5 Å². The Labute approximate surface area is 94.0 Å². The van der Waals surface area contributed by atoms with E-state index in [1.807, 2.05) is 20.2 Å². The molecule has 1 saturated carbocycles. The first-order valence-corrected chi connectivity index (χ1v) is 5.27. The molecule has 1 aliphatic rings. The highest BCUT2D eigenvalue weighted by molar-refractivity contribution is 5.76. The van der Waals surface area contributed by atoms with Crippen molar-refractivity contribution >= 4 is 5.97 Å². The molecular weight excluding hydrogens is 208 g/mol. The number of carbonyl (C=O) groups is 1. The average Bonchev–Trinajstić information content (AvgIpc) is 2.89. The second kappa shape index (κ2) is 3.59. The summed E-state index contributed by atoms with van der Waals surface area (Å²) in [6.45, 7) is 1.96. The Morgan fingerprint density at radius 1 is 1.69 bits per heavy atom. The van der Waals surface area contributed by atoms with E-state index in [1.165, 1.54) is 7.11 Å². The summed E-state index contributed by atoms with van der Waals surface area (Å²) >= 11 is 0. The van der Waals surface area contributed by atoms with Crippen molar-refractivity contribution < 1.29 is 14.6 Å². The molecule has 1 aromatic heterocycles. The van der Waals surface area contributed by atoms with E-state index in [0.717, 1.165) is 24.1 Å². The van der Waals surface area contributed by atoms with E-state index in [1.54, 1.807) is 4.68 Å². The average molecular weight is 224 g/mol. The number of methoxy groups -OCH3 is 1. The number of hydrogen-bond donors (Lipinski definition) is 1. The van der Waals surface area contributed by atoms with Gasteiger partial charge in [0.2, 0.25) is 0 Å². The molecule has 5 nitrogen and oxygen atoms in total. The fraction of sp³-hybridized carbons (Fsp3) is 0.636. The quantitative estimate of drug-likeness (QED) is 0.823. The fourth-order valence-corrected chi connectivity index (χ4v) is 2.42. The van der Waals surface area contributed by atoms with Crippen molar-refractivity contribution in [1.29, 1.82) is 0 Å². The molecule has 1 aliphatic carbocycles. The van der Waals surface area contributed by atoms with Crippen LogP contribution in [0.2, 0.25) is 0 Å². The minimum atomic E-state index is -0.912. The maximum Gasteiger partial charge on any atom is 0.333 e. The molecule has 0 amide bonds.